The van der Waals surface area contributed by atoms with Gasteiger partial charge in [-0.15, -0.1) is 0 Å². The SMILES string of the molecule is Cc1ccn(CC(=O)Nc2ccc(N)cc2C)c(=O)c1. The van der Waals surface area contributed by atoms with Gasteiger partial charge in [-0.1, -0.05) is 0 Å². The Morgan fingerprint density at radius 3 is 2.65 bits per heavy atom. The van der Waals surface area contributed by atoms with Crippen molar-refractivity contribution in [1.29, 1.82) is 0 Å². The fraction of sp³-hybridized carbons (Fsp3) is 0.200. The minimum absolute atomic E-state index is 0.0110. The highest BCUT2D eigenvalue weighted by Gasteiger charge is 2.07. The molecule has 1 aromatic carbocycles. The third kappa shape index (κ3) is 3.26. The molecule has 0 spiro atoms. The molecule has 0 radical (unpaired) electrons. The molecule has 1 amide bonds. The maximum absolute atomic E-state index is 12.0. The minimum atomic E-state index is -0.246. The highest BCUT2D eigenvalue weighted by atomic mass is 16.2. The number of carbonyl (C=O) groups is 1. The first-order chi connectivity index (χ1) is 9.45. The number of hydrogen-bond donors (Lipinski definition) is 2. The normalized spacial score (nSPS) is 10.3. The molecule has 5 nitrogen and oxygen atoms in total. The lowest BCUT2D eigenvalue weighted by Crippen LogP contribution is -2.27. The van der Waals surface area contributed by atoms with Gasteiger partial charge in [-0.25, -0.2) is 0 Å². The number of aromatic nitrogens is 1. The molecular weight excluding hydrogens is 254 g/mol. The number of benzene rings is 1. The van der Waals surface area contributed by atoms with Crippen molar-refractivity contribution >= 4 is 17.3 Å². The number of rotatable bonds is 3. The van der Waals surface area contributed by atoms with E-state index in [4.69, 9.17) is 5.73 Å². The summed E-state index contributed by atoms with van der Waals surface area (Å²) < 4.78 is 1.37. The van der Waals surface area contributed by atoms with E-state index < -0.39 is 0 Å². The van der Waals surface area contributed by atoms with E-state index >= 15 is 0 Å². The lowest BCUT2D eigenvalue weighted by molar-refractivity contribution is -0.116. The van der Waals surface area contributed by atoms with Crippen LogP contribution in [-0.2, 0) is 11.3 Å². The molecule has 0 aliphatic carbocycles. The zero-order chi connectivity index (χ0) is 14.7. The summed E-state index contributed by atoms with van der Waals surface area (Å²) in [6, 6.07) is 8.56. The number of nitrogens with one attached hydrogen (secondary N) is 1. The van der Waals surface area contributed by atoms with Crippen LogP contribution in [-0.4, -0.2) is 10.5 Å². The minimum Gasteiger partial charge on any atom is -0.399 e. The van der Waals surface area contributed by atoms with Crippen molar-refractivity contribution in [2.24, 2.45) is 0 Å². The van der Waals surface area contributed by atoms with Crippen LogP contribution in [0.3, 0.4) is 0 Å². The predicted octanol–water partition coefficient (Wildman–Crippen LogP) is 1.69. The first kappa shape index (κ1) is 13.9. The van der Waals surface area contributed by atoms with Crippen molar-refractivity contribution in [3.8, 4) is 0 Å². The second kappa shape index (κ2) is 5.61. The predicted molar refractivity (Wildman–Crippen MR) is 79.7 cm³/mol. The van der Waals surface area contributed by atoms with Crippen LogP contribution in [0.25, 0.3) is 0 Å². The van der Waals surface area contributed by atoms with Crippen LogP contribution >= 0.6 is 0 Å². The quantitative estimate of drug-likeness (QED) is 0.834. The summed E-state index contributed by atoms with van der Waals surface area (Å²) in [7, 11) is 0. The lowest BCUT2D eigenvalue weighted by Gasteiger charge is -2.10. The molecule has 0 atom stereocenters. The summed E-state index contributed by atoms with van der Waals surface area (Å²) in [6.07, 6.45) is 1.62. The summed E-state index contributed by atoms with van der Waals surface area (Å²) in [6.45, 7) is 3.69. The zero-order valence-electron chi connectivity index (χ0n) is 11.5. The van der Waals surface area contributed by atoms with Gasteiger partial charge in [-0.05, 0) is 49.2 Å². The van der Waals surface area contributed by atoms with Crippen molar-refractivity contribution in [3.05, 3.63) is 58.0 Å². The fourth-order valence-corrected chi connectivity index (χ4v) is 1.91. The zero-order valence-corrected chi connectivity index (χ0v) is 11.5. The van der Waals surface area contributed by atoms with Crippen LogP contribution in [0.2, 0.25) is 0 Å². The lowest BCUT2D eigenvalue weighted by atomic mass is 10.2. The molecule has 3 N–H and O–H groups in total. The van der Waals surface area contributed by atoms with E-state index in [-0.39, 0.29) is 18.0 Å². The second-order valence-corrected chi connectivity index (χ2v) is 4.79. The van der Waals surface area contributed by atoms with Crippen LogP contribution in [0, 0.1) is 13.8 Å². The Morgan fingerprint density at radius 2 is 2.00 bits per heavy atom. The number of hydrogen-bond acceptors (Lipinski definition) is 3. The number of nitrogen functional groups attached to an aromatic ring is 1. The van der Waals surface area contributed by atoms with Crippen LogP contribution < -0.4 is 16.6 Å². The average Bonchev–Trinajstić information content (AvgIpc) is 2.36. The number of nitrogens with zero attached hydrogens (tertiary/aromatic N) is 1. The summed E-state index contributed by atoms with van der Waals surface area (Å²) >= 11 is 0. The topological polar surface area (TPSA) is 77.1 Å². The van der Waals surface area contributed by atoms with Crippen LogP contribution in [0.4, 0.5) is 11.4 Å². The number of nitrogens with two attached hydrogens (primary N) is 1. The van der Waals surface area contributed by atoms with Gasteiger partial charge in [0.05, 0.1) is 0 Å². The molecule has 1 aromatic heterocycles. The van der Waals surface area contributed by atoms with E-state index in [1.165, 1.54) is 10.6 Å². The van der Waals surface area contributed by atoms with Gasteiger partial charge in [-0.2, -0.15) is 0 Å². The number of aryl methyl sites for hydroxylation is 2. The third-order valence-electron chi connectivity index (χ3n) is 2.99. The standard InChI is InChI=1S/C15H17N3O2/c1-10-5-6-18(15(20)7-10)9-14(19)17-13-4-3-12(16)8-11(13)2/h3-8H,9,16H2,1-2H3,(H,17,19). The Labute approximate surface area is 117 Å². The van der Waals surface area contributed by atoms with Crippen molar-refractivity contribution in [2.75, 3.05) is 11.1 Å². The van der Waals surface area contributed by atoms with E-state index in [0.717, 1.165) is 11.1 Å². The molecule has 0 bridgehead atoms. The van der Waals surface area contributed by atoms with Gasteiger partial charge in [0, 0.05) is 23.6 Å². The van der Waals surface area contributed by atoms with Crippen molar-refractivity contribution in [3.63, 3.8) is 0 Å². The Hall–Kier alpha value is -2.56. The summed E-state index contributed by atoms with van der Waals surface area (Å²) in [5.41, 5.74) is 8.58. The van der Waals surface area contributed by atoms with Gasteiger partial charge in [0.2, 0.25) is 5.91 Å². The Bertz CT molecular complexity index is 705. The number of amides is 1. The van der Waals surface area contributed by atoms with E-state index in [1.807, 2.05) is 13.8 Å². The monoisotopic (exact) mass is 271 g/mol. The Morgan fingerprint density at radius 1 is 1.25 bits per heavy atom. The summed E-state index contributed by atoms with van der Waals surface area (Å²) in [5, 5.41) is 2.77. The first-order valence-corrected chi connectivity index (χ1v) is 6.29. The van der Waals surface area contributed by atoms with Gasteiger partial charge in [0.25, 0.3) is 5.56 Å². The molecule has 0 saturated carbocycles. The fourth-order valence-electron chi connectivity index (χ4n) is 1.91. The van der Waals surface area contributed by atoms with Crippen molar-refractivity contribution < 1.29 is 4.79 Å². The summed E-state index contributed by atoms with van der Waals surface area (Å²) in [4.78, 5) is 23.7. The Balaban J connectivity index is 2.11. The average molecular weight is 271 g/mol. The molecule has 1 heterocycles. The molecule has 5 heteroatoms. The highest BCUT2D eigenvalue weighted by molar-refractivity contribution is 5.91. The molecule has 2 rings (SSSR count). The van der Waals surface area contributed by atoms with E-state index in [1.54, 1.807) is 30.5 Å². The highest BCUT2D eigenvalue weighted by Crippen LogP contribution is 2.17. The van der Waals surface area contributed by atoms with Crippen molar-refractivity contribution in [2.45, 2.75) is 20.4 Å². The molecular formula is C15H17N3O2. The van der Waals surface area contributed by atoms with E-state index in [9.17, 15) is 9.59 Å². The maximum atomic E-state index is 12.0. The van der Waals surface area contributed by atoms with Crippen LogP contribution in [0.5, 0.6) is 0 Å². The second-order valence-electron chi connectivity index (χ2n) is 4.79. The van der Waals surface area contributed by atoms with Gasteiger partial charge < -0.3 is 15.6 Å². The van der Waals surface area contributed by atoms with E-state index in [2.05, 4.69) is 5.32 Å². The number of carbonyl (C=O) groups excluding carboxylic acids is 1. The Kier molecular flexibility index (Phi) is 3.89. The molecule has 104 valence electrons. The first-order valence-electron chi connectivity index (χ1n) is 6.29. The van der Waals surface area contributed by atoms with Crippen LogP contribution in [0.1, 0.15) is 11.1 Å². The molecule has 0 fully saturated rings. The summed E-state index contributed by atoms with van der Waals surface area (Å²) in [5.74, 6) is -0.246. The van der Waals surface area contributed by atoms with Crippen molar-refractivity contribution in [1.82, 2.24) is 4.57 Å². The maximum Gasteiger partial charge on any atom is 0.251 e. The molecule has 0 aliphatic rings. The van der Waals surface area contributed by atoms with Gasteiger partial charge >= 0.3 is 0 Å². The molecule has 0 saturated heterocycles. The van der Waals surface area contributed by atoms with E-state index in [0.29, 0.717) is 11.4 Å². The largest absolute Gasteiger partial charge is 0.399 e. The third-order valence-corrected chi connectivity index (χ3v) is 2.99. The molecule has 2 aromatic rings. The molecule has 0 unspecified atom stereocenters. The van der Waals surface area contributed by atoms with Gasteiger partial charge in [0.1, 0.15) is 6.54 Å². The van der Waals surface area contributed by atoms with Crippen LogP contribution in [0.15, 0.2) is 41.3 Å². The molecule has 0 aliphatic heterocycles. The van der Waals surface area contributed by atoms with Gasteiger partial charge in [-0.3, -0.25) is 9.59 Å². The van der Waals surface area contributed by atoms with Gasteiger partial charge in [0.15, 0.2) is 0 Å². The number of pyridine rings is 1. The number of anilines is 2. The molecule has 20 heavy (non-hydrogen) atoms. The smallest absolute Gasteiger partial charge is 0.251 e.